The van der Waals surface area contributed by atoms with Crippen LogP contribution in [0.1, 0.15) is 30.1 Å². The molecule has 1 saturated carbocycles. The highest BCUT2D eigenvalue weighted by atomic mass is 19.1. The summed E-state index contributed by atoms with van der Waals surface area (Å²) in [6.45, 7) is 0. The van der Waals surface area contributed by atoms with Crippen LogP contribution in [0.15, 0.2) is 48.9 Å². The van der Waals surface area contributed by atoms with E-state index in [0.29, 0.717) is 38.8 Å². The molecule has 2 N–H and O–H groups in total. The molecule has 3 aromatic heterocycles. The average molecular weight is 446 g/mol. The Morgan fingerprint density at radius 2 is 1.76 bits per heavy atom. The summed E-state index contributed by atoms with van der Waals surface area (Å²) in [5.74, 6) is -1.53. The molecule has 2 aromatic carbocycles. The molecule has 33 heavy (non-hydrogen) atoms. The number of hydrogen-bond acceptors (Lipinski definition) is 5. The van der Waals surface area contributed by atoms with Crippen molar-refractivity contribution in [2.75, 3.05) is 5.73 Å². The van der Waals surface area contributed by atoms with E-state index in [1.807, 2.05) is 0 Å². The fourth-order valence-corrected chi connectivity index (χ4v) is 4.19. The maximum absolute atomic E-state index is 15.6. The summed E-state index contributed by atoms with van der Waals surface area (Å²) in [5, 5.41) is 6.10. The molecule has 0 amide bonds. The minimum absolute atomic E-state index is 0.221. The summed E-state index contributed by atoms with van der Waals surface area (Å²) in [4.78, 5) is 12.7. The average Bonchev–Trinajstić information content (AvgIpc) is 3.54. The van der Waals surface area contributed by atoms with Crippen LogP contribution in [0.2, 0.25) is 0 Å². The molecule has 0 aliphatic heterocycles. The van der Waals surface area contributed by atoms with Gasteiger partial charge in [-0.2, -0.15) is 5.10 Å². The van der Waals surface area contributed by atoms with E-state index in [9.17, 15) is 8.78 Å². The predicted octanol–water partition coefficient (Wildman–Crippen LogP) is 4.97. The van der Waals surface area contributed by atoms with Crippen molar-refractivity contribution in [3.05, 3.63) is 77.6 Å². The molecular weight excluding hydrogens is 429 g/mol. The first-order chi connectivity index (χ1) is 16.0. The number of fused-ring (bicyclic) bond motifs is 2. The first-order valence-electron chi connectivity index (χ1n) is 10.5. The minimum Gasteiger partial charge on any atom is -0.383 e. The topological polar surface area (TPSA) is 82.5 Å². The Morgan fingerprint density at radius 1 is 0.970 bits per heavy atom. The van der Waals surface area contributed by atoms with E-state index in [1.54, 1.807) is 22.9 Å². The molecule has 1 aliphatic rings. The molecule has 9 heteroatoms. The lowest BCUT2D eigenvalue weighted by molar-refractivity contribution is 0.580. The number of benzene rings is 2. The Balaban J connectivity index is 1.44. The van der Waals surface area contributed by atoms with Gasteiger partial charge in [-0.3, -0.25) is 4.98 Å². The van der Waals surface area contributed by atoms with Crippen molar-refractivity contribution in [3.63, 3.8) is 0 Å². The Labute approximate surface area is 185 Å². The Bertz CT molecular complexity index is 1540. The lowest BCUT2D eigenvalue weighted by Gasteiger charge is -2.08. The molecule has 1 fully saturated rings. The largest absolute Gasteiger partial charge is 0.383 e. The van der Waals surface area contributed by atoms with Crippen molar-refractivity contribution < 1.29 is 13.2 Å². The van der Waals surface area contributed by atoms with Crippen LogP contribution in [0.5, 0.6) is 0 Å². The second kappa shape index (κ2) is 7.26. The lowest BCUT2D eigenvalue weighted by atomic mass is 10.0. The van der Waals surface area contributed by atoms with Gasteiger partial charge in [0.25, 0.3) is 0 Å². The minimum atomic E-state index is -0.650. The quantitative estimate of drug-likeness (QED) is 0.422. The number of nitrogen functional groups attached to an aromatic ring is 1. The van der Waals surface area contributed by atoms with Crippen LogP contribution in [0, 0.1) is 17.5 Å². The van der Waals surface area contributed by atoms with Gasteiger partial charge in [0.1, 0.15) is 35.3 Å². The van der Waals surface area contributed by atoms with Crippen molar-refractivity contribution >= 4 is 27.6 Å². The van der Waals surface area contributed by atoms with E-state index < -0.39 is 17.5 Å². The monoisotopic (exact) mass is 446 g/mol. The van der Waals surface area contributed by atoms with Crippen LogP contribution in [-0.2, 0) is 6.42 Å². The van der Waals surface area contributed by atoms with Crippen LogP contribution >= 0.6 is 0 Å². The van der Waals surface area contributed by atoms with E-state index in [1.165, 1.54) is 24.7 Å². The van der Waals surface area contributed by atoms with Crippen molar-refractivity contribution in [3.8, 4) is 11.3 Å². The number of anilines is 1. The third-order valence-corrected chi connectivity index (χ3v) is 5.87. The Morgan fingerprint density at radius 3 is 2.52 bits per heavy atom. The molecule has 164 valence electrons. The van der Waals surface area contributed by atoms with Gasteiger partial charge in [-0.15, -0.1) is 0 Å². The molecule has 6 rings (SSSR count). The normalized spacial score (nSPS) is 13.8. The van der Waals surface area contributed by atoms with Gasteiger partial charge in [-0.05, 0) is 48.1 Å². The summed E-state index contributed by atoms with van der Waals surface area (Å²) in [7, 11) is 0. The van der Waals surface area contributed by atoms with Crippen LogP contribution < -0.4 is 5.73 Å². The van der Waals surface area contributed by atoms with Crippen LogP contribution in [0.3, 0.4) is 0 Å². The first kappa shape index (κ1) is 19.7. The molecule has 0 saturated heterocycles. The van der Waals surface area contributed by atoms with Crippen molar-refractivity contribution in [2.45, 2.75) is 25.3 Å². The number of rotatable bonds is 4. The molecule has 0 atom stereocenters. The third kappa shape index (κ3) is 3.36. The highest BCUT2D eigenvalue weighted by Gasteiger charge is 2.30. The first-order valence-corrected chi connectivity index (χ1v) is 10.5. The second-order valence-electron chi connectivity index (χ2n) is 8.26. The molecule has 6 nitrogen and oxygen atoms in total. The second-order valence-corrected chi connectivity index (χ2v) is 8.26. The van der Waals surface area contributed by atoms with Gasteiger partial charge < -0.3 is 5.73 Å². The zero-order valence-corrected chi connectivity index (χ0v) is 17.3. The van der Waals surface area contributed by atoms with Crippen molar-refractivity contribution in [1.29, 1.82) is 0 Å². The van der Waals surface area contributed by atoms with Gasteiger partial charge in [0.05, 0.1) is 11.4 Å². The van der Waals surface area contributed by atoms with E-state index in [-0.39, 0.29) is 23.8 Å². The van der Waals surface area contributed by atoms with Gasteiger partial charge in [0.2, 0.25) is 0 Å². The number of nitrogens with two attached hydrogens (primary N) is 1. The number of halogens is 3. The maximum atomic E-state index is 15.6. The molecular formula is C24H17F3N6. The third-order valence-electron chi connectivity index (χ3n) is 5.87. The van der Waals surface area contributed by atoms with Crippen molar-refractivity contribution in [2.24, 2.45) is 0 Å². The van der Waals surface area contributed by atoms with Gasteiger partial charge in [-0.25, -0.2) is 27.8 Å². The van der Waals surface area contributed by atoms with Gasteiger partial charge >= 0.3 is 0 Å². The van der Waals surface area contributed by atoms with Crippen LogP contribution in [-0.4, -0.2) is 24.7 Å². The smallest absolute Gasteiger partial charge is 0.164 e. The van der Waals surface area contributed by atoms with Crippen LogP contribution in [0.4, 0.5) is 19.0 Å². The molecule has 1 aliphatic carbocycles. The summed E-state index contributed by atoms with van der Waals surface area (Å²) < 4.78 is 44.4. The van der Waals surface area contributed by atoms with Gasteiger partial charge in [0.15, 0.2) is 5.65 Å². The van der Waals surface area contributed by atoms with Crippen molar-refractivity contribution in [1.82, 2.24) is 24.7 Å². The van der Waals surface area contributed by atoms with E-state index in [2.05, 4.69) is 20.1 Å². The highest BCUT2D eigenvalue weighted by molar-refractivity contribution is 6.00. The number of aromatic nitrogens is 5. The fraction of sp³-hybridized carbons (Fsp3) is 0.167. The Hall–Kier alpha value is -4.01. The molecule has 3 heterocycles. The Kier molecular flexibility index (Phi) is 4.33. The molecule has 5 aromatic rings. The molecule has 0 bridgehead atoms. The van der Waals surface area contributed by atoms with E-state index in [4.69, 9.17) is 5.73 Å². The summed E-state index contributed by atoms with van der Waals surface area (Å²) >= 11 is 0. The number of hydrogen-bond donors (Lipinski definition) is 1. The van der Waals surface area contributed by atoms with E-state index in [0.717, 1.165) is 18.9 Å². The van der Waals surface area contributed by atoms with Crippen LogP contribution in [0.25, 0.3) is 33.1 Å². The molecule has 0 unspecified atom stereocenters. The fourth-order valence-electron chi connectivity index (χ4n) is 4.19. The standard InChI is InChI=1S/C24H17F3N6/c25-14-5-12(6-15(26)9-14)7-16-8-13-1-4-18(21(27)19(13)10-29-16)22-20-23(28)30-11-31-24(20)33(32-22)17-2-3-17/h1,4-6,8-11,17H,2-3,7H2,(H2,28,30,31). The van der Waals surface area contributed by atoms with E-state index >= 15 is 4.39 Å². The summed E-state index contributed by atoms with van der Waals surface area (Å²) in [6, 6.07) is 8.69. The highest BCUT2D eigenvalue weighted by Crippen LogP contribution is 2.41. The zero-order chi connectivity index (χ0) is 22.7. The number of nitrogens with zero attached hydrogens (tertiary/aromatic N) is 5. The predicted molar refractivity (Wildman–Crippen MR) is 118 cm³/mol. The lowest BCUT2D eigenvalue weighted by Crippen LogP contribution is -1.98. The number of pyridine rings is 1. The summed E-state index contributed by atoms with van der Waals surface area (Å²) in [5.41, 5.74) is 8.41. The summed E-state index contributed by atoms with van der Waals surface area (Å²) in [6.07, 6.45) is 5.01. The SMILES string of the molecule is Nc1ncnc2c1c(-c1ccc3cc(Cc4cc(F)cc(F)c4)ncc3c1F)nn2C1CC1. The maximum Gasteiger partial charge on any atom is 0.164 e. The molecule has 0 spiro atoms. The van der Waals surface area contributed by atoms with Gasteiger partial charge in [0, 0.05) is 35.3 Å². The van der Waals surface area contributed by atoms with Gasteiger partial charge in [-0.1, -0.05) is 6.07 Å². The molecule has 0 radical (unpaired) electrons. The zero-order valence-electron chi connectivity index (χ0n) is 17.3.